The fraction of sp³-hybridized carbons (Fsp3) is 0.667. The molecule has 2 heteroatoms. The van der Waals surface area contributed by atoms with Crippen molar-refractivity contribution in [2.45, 2.75) is 26.3 Å². The smallest absolute Gasteiger partial charge is 0.0719 e. The Bertz CT molecular complexity index is 135. The molecule has 0 spiro atoms. The van der Waals surface area contributed by atoms with E-state index >= 15 is 0 Å². The summed E-state index contributed by atoms with van der Waals surface area (Å²) in [6.45, 7) is 4.03. The molecule has 1 aliphatic rings. The second-order valence-electron chi connectivity index (χ2n) is 2.15. The third-order valence-electron chi connectivity index (χ3n) is 1.17. The third-order valence-corrected chi connectivity index (χ3v) is 1.17. The van der Waals surface area contributed by atoms with E-state index in [0.717, 1.165) is 12.1 Å². The van der Waals surface area contributed by atoms with Crippen molar-refractivity contribution in [3.63, 3.8) is 0 Å². The summed E-state index contributed by atoms with van der Waals surface area (Å²) in [5.74, 6) is 0. The highest BCUT2D eigenvalue weighted by Crippen LogP contribution is 2.10. The molecule has 0 unspecified atom stereocenters. The fourth-order valence-corrected chi connectivity index (χ4v) is 0.619. The van der Waals surface area contributed by atoms with E-state index in [2.05, 4.69) is 23.2 Å². The minimum absolute atomic E-state index is 0.402. The van der Waals surface area contributed by atoms with Crippen molar-refractivity contribution >= 4 is 0 Å². The van der Waals surface area contributed by atoms with Crippen molar-refractivity contribution in [3.05, 3.63) is 11.8 Å². The summed E-state index contributed by atoms with van der Waals surface area (Å²) in [4.78, 5) is 0. The quantitative estimate of drug-likeness (QED) is 0.456. The van der Waals surface area contributed by atoms with Crippen LogP contribution in [-0.2, 0) is 0 Å². The zero-order valence-electron chi connectivity index (χ0n) is 5.26. The molecule has 1 rings (SSSR count). The number of allylic oxidation sites excluding steroid dienone is 1. The minimum atomic E-state index is 0.402. The van der Waals surface area contributed by atoms with Gasteiger partial charge in [0, 0.05) is 0 Å². The molecule has 1 heterocycles. The number of rotatable bonds is 0. The molecule has 0 N–H and O–H groups in total. The van der Waals surface area contributed by atoms with E-state index in [9.17, 15) is 0 Å². The summed E-state index contributed by atoms with van der Waals surface area (Å²) < 4.78 is 0. The first-order valence-corrected chi connectivity index (χ1v) is 2.86. The zero-order chi connectivity index (χ0) is 5.98. The van der Waals surface area contributed by atoms with Gasteiger partial charge in [-0.15, -0.1) is 0 Å². The van der Waals surface area contributed by atoms with Gasteiger partial charge < -0.3 is 0 Å². The zero-order valence-corrected chi connectivity index (χ0v) is 5.26. The van der Waals surface area contributed by atoms with Gasteiger partial charge in [0.1, 0.15) is 0 Å². The molecule has 44 valence electrons. The molecule has 0 aromatic rings. The molecule has 0 fully saturated rings. The van der Waals surface area contributed by atoms with Crippen LogP contribution in [0.2, 0.25) is 0 Å². The SMILES string of the molecule is CC1=CC[C@H](C)N=N1. The van der Waals surface area contributed by atoms with E-state index in [1.807, 2.05) is 6.92 Å². The van der Waals surface area contributed by atoms with Crippen LogP contribution < -0.4 is 0 Å². The van der Waals surface area contributed by atoms with Crippen LogP contribution in [0.5, 0.6) is 0 Å². The standard InChI is InChI=1S/C6H10N2/c1-5-3-4-6(2)8-7-5/h3,6H,4H2,1-2H3/t6-/m0/s1. The van der Waals surface area contributed by atoms with Gasteiger partial charge >= 0.3 is 0 Å². The van der Waals surface area contributed by atoms with Gasteiger partial charge in [-0.2, -0.15) is 10.2 Å². The second-order valence-corrected chi connectivity index (χ2v) is 2.15. The van der Waals surface area contributed by atoms with Crippen LogP contribution in [0.3, 0.4) is 0 Å². The molecule has 0 radical (unpaired) electrons. The van der Waals surface area contributed by atoms with Crippen molar-refractivity contribution < 1.29 is 0 Å². The average Bonchev–Trinajstić information content (AvgIpc) is 1.77. The number of hydrogen-bond donors (Lipinski definition) is 0. The normalized spacial score (nSPS) is 27.8. The molecule has 0 saturated carbocycles. The summed E-state index contributed by atoms with van der Waals surface area (Å²) in [6.07, 6.45) is 3.16. The predicted octanol–water partition coefficient (Wildman–Crippen LogP) is 2.13. The van der Waals surface area contributed by atoms with Gasteiger partial charge in [-0.05, 0) is 20.3 Å². The van der Waals surface area contributed by atoms with Crippen LogP contribution in [0.25, 0.3) is 0 Å². The molecular formula is C6H10N2. The van der Waals surface area contributed by atoms with E-state index in [1.165, 1.54) is 0 Å². The molecule has 8 heavy (non-hydrogen) atoms. The molecule has 0 saturated heterocycles. The Labute approximate surface area is 49.3 Å². The van der Waals surface area contributed by atoms with E-state index in [0.29, 0.717) is 6.04 Å². The van der Waals surface area contributed by atoms with Crippen LogP contribution in [0, 0.1) is 0 Å². The van der Waals surface area contributed by atoms with Gasteiger partial charge in [-0.3, -0.25) is 0 Å². The van der Waals surface area contributed by atoms with Gasteiger partial charge in [0.2, 0.25) is 0 Å². The van der Waals surface area contributed by atoms with Crippen molar-refractivity contribution in [2.24, 2.45) is 10.2 Å². The fourth-order valence-electron chi connectivity index (χ4n) is 0.619. The van der Waals surface area contributed by atoms with Gasteiger partial charge in [0.05, 0.1) is 11.7 Å². The highest BCUT2D eigenvalue weighted by Gasteiger charge is 2.00. The lowest BCUT2D eigenvalue weighted by Crippen LogP contribution is -1.97. The molecule has 0 aliphatic carbocycles. The molecule has 0 bridgehead atoms. The first-order valence-electron chi connectivity index (χ1n) is 2.86. The van der Waals surface area contributed by atoms with Crippen molar-refractivity contribution in [2.75, 3.05) is 0 Å². The largest absolute Gasteiger partial charge is 0.186 e. The number of azo groups is 1. The molecule has 1 atom stereocenters. The maximum atomic E-state index is 3.97. The Hall–Kier alpha value is -0.660. The summed E-state index contributed by atoms with van der Waals surface area (Å²) in [5, 5.41) is 7.86. The molecule has 0 aromatic heterocycles. The maximum absolute atomic E-state index is 3.97. The lowest BCUT2D eigenvalue weighted by atomic mass is 10.2. The maximum Gasteiger partial charge on any atom is 0.0719 e. The van der Waals surface area contributed by atoms with Gasteiger partial charge in [0.15, 0.2) is 0 Å². The highest BCUT2D eigenvalue weighted by molar-refractivity contribution is 4.98. The summed E-state index contributed by atoms with van der Waals surface area (Å²) in [5.41, 5.74) is 1.04. The van der Waals surface area contributed by atoms with E-state index in [1.54, 1.807) is 0 Å². The van der Waals surface area contributed by atoms with E-state index in [4.69, 9.17) is 0 Å². The van der Waals surface area contributed by atoms with Crippen LogP contribution in [0.1, 0.15) is 20.3 Å². The lowest BCUT2D eigenvalue weighted by molar-refractivity contribution is 0.679. The Kier molecular flexibility index (Phi) is 1.42. The third kappa shape index (κ3) is 1.15. The molecule has 2 nitrogen and oxygen atoms in total. The van der Waals surface area contributed by atoms with E-state index < -0.39 is 0 Å². The number of hydrogen-bond acceptors (Lipinski definition) is 2. The minimum Gasteiger partial charge on any atom is -0.186 e. The molecule has 1 aliphatic heterocycles. The average molecular weight is 110 g/mol. The first-order chi connectivity index (χ1) is 3.79. The van der Waals surface area contributed by atoms with Crippen molar-refractivity contribution in [1.82, 2.24) is 0 Å². The Balaban J connectivity index is 2.58. The van der Waals surface area contributed by atoms with Crippen molar-refractivity contribution in [3.8, 4) is 0 Å². The van der Waals surface area contributed by atoms with Gasteiger partial charge in [-0.1, -0.05) is 6.08 Å². The van der Waals surface area contributed by atoms with Crippen LogP contribution in [0.4, 0.5) is 0 Å². The lowest BCUT2D eigenvalue weighted by Gasteiger charge is -2.04. The Morgan fingerprint density at radius 1 is 1.75 bits per heavy atom. The topological polar surface area (TPSA) is 24.7 Å². The Morgan fingerprint density at radius 2 is 2.50 bits per heavy atom. The van der Waals surface area contributed by atoms with Crippen LogP contribution in [-0.4, -0.2) is 6.04 Å². The monoisotopic (exact) mass is 110 g/mol. The highest BCUT2D eigenvalue weighted by atomic mass is 15.1. The first kappa shape index (κ1) is 5.48. The summed E-state index contributed by atoms with van der Waals surface area (Å²) in [7, 11) is 0. The summed E-state index contributed by atoms with van der Waals surface area (Å²) in [6, 6.07) is 0.402. The molecular weight excluding hydrogens is 100 g/mol. The van der Waals surface area contributed by atoms with Crippen molar-refractivity contribution in [1.29, 1.82) is 0 Å². The Morgan fingerprint density at radius 3 is 2.88 bits per heavy atom. The van der Waals surface area contributed by atoms with Crippen LogP contribution in [0.15, 0.2) is 22.0 Å². The molecule has 0 amide bonds. The number of nitrogens with zero attached hydrogens (tertiary/aromatic N) is 2. The van der Waals surface area contributed by atoms with Gasteiger partial charge in [-0.25, -0.2) is 0 Å². The van der Waals surface area contributed by atoms with Gasteiger partial charge in [0.25, 0.3) is 0 Å². The van der Waals surface area contributed by atoms with E-state index in [-0.39, 0.29) is 0 Å². The second kappa shape index (κ2) is 2.07. The molecule has 0 aromatic carbocycles. The predicted molar refractivity (Wildman–Crippen MR) is 32.7 cm³/mol. The summed E-state index contributed by atoms with van der Waals surface area (Å²) >= 11 is 0. The van der Waals surface area contributed by atoms with Crippen LogP contribution >= 0.6 is 0 Å².